The summed E-state index contributed by atoms with van der Waals surface area (Å²) >= 11 is 0. The van der Waals surface area contributed by atoms with Crippen LogP contribution in [0.3, 0.4) is 0 Å². The second-order valence-corrected chi connectivity index (χ2v) is 4.08. The van der Waals surface area contributed by atoms with Crippen molar-refractivity contribution < 1.29 is 9.59 Å². The molecule has 0 aliphatic heterocycles. The van der Waals surface area contributed by atoms with Crippen LogP contribution in [0.1, 0.15) is 39.8 Å². The molecule has 1 aromatic rings. The normalized spacial score (nSPS) is 10.8. The van der Waals surface area contributed by atoms with Crippen molar-refractivity contribution >= 4 is 18.3 Å². The van der Waals surface area contributed by atoms with Crippen LogP contribution >= 0.6 is 0 Å². The lowest BCUT2D eigenvalue weighted by atomic mass is 9.93. The second-order valence-electron chi connectivity index (χ2n) is 4.08. The van der Waals surface area contributed by atoms with E-state index in [9.17, 15) is 9.59 Å². The lowest BCUT2D eigenvalue weighted by Crippen LogP contribution is -2.13. The monoisotopic (exact) mass is 247 g/mol. The fourth-order valence-corrected chi connectivity index (χ4v) is 2.08. The first-order valence-corrected chi connectivity index (χ1v) is 5.68. The number of pyridine rings is 1. The number of ketones is 1. The Balaban J connectivity index is 3.51. The van der Waals surface area contributed by atoms with Crippen LogP contribution in [0.5, 0.6) is 0 Å². The third-order valence-corrected chi connectivity index (χ3v) is 2.85. The molecule has 0 radical (unpaired) electrons. The summed E-state index contributed by atoms with van der Waals surface area (Å²) in [5, 5.41) is 3.44. The Morgan fingerprint density at radius 3 is 2.28 bits per heavy atom. The van der Waals surface area contributed by atoms with Gasteiger partial charge in [-0.3, -0.25) is 9.78 Å². The van der Waals surface area contributed by atoms with E-state index >= 15 is 0 Å². The SMILES string of the molecule is CC(=O)c1c(CC=O)c(C)nc(C)c1CC=NN. The van der Waals surface area contributed by atoms with Crippen molar-refractivity contribution in [3.8, 4) is 0 Å². The van der Waals surface area contributed by atoms with Gasteiger partial charge in [0.25, 0.3) is 0 Å². The maximum atomic E-state index is 11.8. The molecule has 0 aromatic carbocycles. The fourth-order valence-electron chi connectivity index (χ4n) is 2.08. The van der Waals surface area contributed by atoms with E-state index in [0.717, 1.165) is 23.2 Å². The zero-order valence-corrected chi connectivity index (χ0v) is 10.9. The van der Waals surface area contributed by atoms with Crippen LogP contribution in [0.2, 0.25) is 0 Å². The highest BCUT2D eigenvalue weighted by atomic mass is 16.1. The van der Waals surface area contributed by atoms with Crippen molar-refractivity contribution in [2.75, 3.05) is 0 Å². The van der Waals surface area contributed by atoms with Crippen LogP contribution in [0.15, 0.2) is 5.10 Å². The predicted octanol–water partition coefficient (Wildman–Crippen LogP) is 1.13. The highest BCUT2D eigenvalue weighted by Gasteiger charge is 2.18. The topological polar surface area (TPSA) is 85.4 Å². The van der Waals surface area contributed by atoms with Crippen molar-refractivity contribution in [3.63, 3.8) is 0 Å². The summed E-state index contributed by atoms with van der Waals surface area (Å²) < 4.78 is 0. The molecule has 1 heterocycles. The number of hydrogen-bond acceptors (Lipinski definition) is 5. The fraction of sp³-hybridized carbons (Fsp3) is 0.385. The Labute approximate surface area is 106 Å². The number of rotatable bonds is 5. The molecular weight excluding hydrogens is 230 g/mol. The highest BCUT2D eigenvalue weighted by molar-refractivity contribution is 5.98. The Kier molecular flexibility index (Phi) is 4.71. The molecule has 5 heteroatoms. The quantitative estimate of drug-likeness (QED) is 0.278. The third kappa shape index (κ3) is 2.80. The average Bonchev–Trinajstić information content (AvgIpc) is 2.30. The molecule has 96 valence electrons. The number of nitrogens with zero attached hydrogens (tertiary/aromatic N) is 2. The number of aromatic nitrogens is 1. The molecule has 0 amide bonds. The number of Topliss-reactive ketones (excluding diaryl/α,β-unsaturated/α-hetero) is 1. The number of carbonyl (C=O) groups excluding carboxylic acids is 2. The van der Waals surface area contributed by atoms with E-state index in [-0.39, 0.29) is 12.2 Å². The Hall–Kier alpha value is -2.04. The molecule has 0 unspecified atom stereocenters. The minimum absolute atomic E-state index is 0.0686. The molecule has 0 atom stereocenters. The number of hydrazone groups is 1. The van der Waals surface area contributed by atoms with Gasteiger partial charge in [-0.05, 0) is 31.9 Å². The molecule has 0 fully saturated rings. The van der Waals surface area contributed by atoms with Gasteiger partial charge in [0.2, 0.25) is 0 Å². The third-order valence-electron chi connectivity index (χ3n) is 2.85. The molecule has 0 saturated carbocycles. The lowest BCUT2D eigenvalue weighted by Gasteiger charge is -2.14. The summed E-state index contributed by atoms with van der Waals surface area (Å²) in [6.07, 6.45) is 2.94. The van der Waals surface area contributed by atoms with E-state index in [1.54, 1.807) is 6.92 Å². The summed E-state index contributed by atoms with van der Waals surface area (Å²) in [5.74, 6) is 5.02. The summed E-state index contributed by atoms with van der Waals surface area (Å²) in [7, 11) is 0. The van der Waals surface area contributed by atoms with Crippen LogP contribution in [-0.2, 0) is 17.6 Å². The van der Waals surface area contributed by atoms with Crippen LogP contribution in [0, 0.1) is 13.8 Å². The second kappa shape index (κ2) is 6.05. The first kappa shape index (κ1) is 14.0. The summed E-state index contributed by atoms with van der Waals surface area (Å²) in [5.41, 5.74) is 3.56. The first-order valence-electron chi connectivity index (χ1n) is 5.68. The van der Waals surface area contributed by atoms with E-state index < -0.39 is 0 Å². The van der Waals surface area contributed by atoms with Crippen molar-refractivity contribution in [1.82, 2.24) is 4.98 Å². The van der Waals surface area contributed by atoms with E-state index in [4.69, 9.17) is 5.84 Å². The van der Waals surface area contributed by atoms with Crippen LogP contribution in [-0.4, -0.2) is 23.3 Å². The number of carbonyl (C=O) groups is 2. The Morgan fingerprint density at radius 2 is 1.83 bits per heavy atom. The van der Waals surface area contributed by atoms with E-state index in [2.05, 4.69) is 10.1 Å². The van der Waals surface area contributed by atoms with Gasteiger partial charge in [-0.1, -0.05) is 0 Å². The van der Waals surface area contributed by atoms with Crippen LogP contribution in [0.25, 0.3) is 0 Å². The molecule has 1 aromatic heterocycles. The maximum absolute atomic E-state index is 11.8. The summed E-state index contributed by atoms with van der Waals surface area (Å²) in [6, 6.07) is 0. The summed E-state index contributed by atoms with van der Waals surface area (Å²) in [6.45, 7) is 5.13. The molecular formula is C13H17N3O2. The molecule has 1 rings (SSSR count). The van der Waals surface area contributed by atoms with Crippen molar-refractivity contribution in [3.05, 3.63) is 28.1 Å². The smallest absolute Gasteiger partial charge is 0.160 e. The lowest BCUT2D eigenvalue weighted by molar-refractivity contribution is -0.107. The van der Waals surface area contributed by atoms with Gasteiger partial charge in [-0.25, -0.2) is 0 Å². The van der Waals surface area contributed by atoms with E-state index in [1.807, 2.05) is 6.92 Å². The average molecular weight is 247 g/mol. The van der Waals surface area contributed by atoms with Gasteiger partial charge < -0.3 is 10.6 Å². The van der Waals surface area contributed by atoms with Crippen molar-refractivity contribution in [2.45, 2.75) is 33.6 Å². The first-order chi connectivity index (χ1) is 8.52. The Bertz CT molecular complexity index is 507. The largest absolute Gasteiger partial charge is 0.324 e. The van der Waals surface area contributed by atoms with Crippen molar-refractivity contribution in [2.24, 2.45) is 10.9 Å². The maximum Gasteiger partial charge on any atom is 0.160 e. The molecule has 0 bridgehead atoms. The minimum atomic E-state index is -0.0686. The van der Waals surface area contributed by atoms with Crippen molar-refractivity contribution in [1.29, 1.82) is 0 Å². The van der Waals surface area contributed by atoms with Crippen LogP contribution < -0.4 is 5.84 Å². The molecule has 0 spiro atoms. The standard InChI is InChI=1S/C13H17N3O2/c1-8-11(4-6-15-14)13(10(3)18)12(5-7-17)9(2)16-8/h6-7H,4-5,14H2,1-3H3. The molecule has 18 heavy (non-hydrogen) atoms. The zero-order valence-electron chi connectivity index (χ0n) is 10.9. The van der Waals surface area contributed by atoms with E-state index in [1.165, 1.54) is 13.1 Å². The molecule has 0 aliphatic carbocycles. The molecule has 2 N–H and O–H groups in total. The van der Waals surface area contributed by atoms with Gasteiger partial charge in [-0.2, -0.15) is 5.10 Å². The number of aldehydes is 1. The number of hydrogen-bond donors (Lipinski definition) is 1. The molecule has 5 nitrogen and oxygen atoms in total. The van der Waals surface area contributed by atoms with Crippen LogP contribution in [0.4, 0.5) is 0 Å². The van der Waals surface area contributed by atoms with Gasteiger partial charge in [-0.15, -0.1) is 0 Å². The number of nitrogens with two attached hydrogens (primary N) is 1. The zero-order chi connectivity index (χ0) is 13.7. The molecule has 0 saturated heterocycles. The summed E-state index contributed by atoms with van der Waals surface area (Å²) in [4.78, 5) is 26.9. The minimum Gasteiger partial charge on any atom is -0.324 e. The van der Waals surface area contributed by atoms with Gasteiger partial charge in [0, 0.05) is 36.0 Å². The van der Waals surface area contributed by atoms with Gasteiger partial charge in [0.15, 0.2) is 5.78 Å². The van der Waals surface area contributed by atoms with Gasteiger partial charge in [0.1, 0.15) is 6.29 Å². The van der Waals surface area contributed by atoms with Gasteiger partial charge >= 0.3 is 0 Å². The molecule has 0 aliphatic rings. The van der Waals surface area contributed by atoms with E-state index in [0.29, 0.717) is 17.5 Å². The van der Waals surface area contributed by atoms with Gasteiger partial charge in [0.05, 0.1) is 0 Å². The number of aryl methyl sites for hydroxylation is 2. The highest BCUT2D eigenvalue weighted by Crippen LogP contribution is 2.21. The predicted molar refractivity (Wildman–Crippen MR) is 69.9 cm³/mol. The Morgan fingerprint density at radius 1 is 1.28 bits per heavy atom.